The molecule has 0 aliphatic heterocycles. The van der Waals surface area contributed by atoms with Gasteiger partial charge in [-0.05, 0) is 44.1 Å². The Bertz CT molecular complexity index is 246. The third-order valence-electron chi connectivity index (χ3n) is 2.40. The van der Waals surface area contributed by atoms with Crippen LogP contribution in [0, 0.1) is 5.41 Å². The normalized spacial score (nSPS) is 14.5. The lowest BCUT2D eigenvalue weighted by molar-refractivity contribution is -0.124. The second kappa shape index (κ2) is 6.64. The quantitative estimate of drug-likeness (QED) is 0.771. The smallest absolute Gasteiger partial charge is 0.237 e. The molecule has 102 valence electrons. The van der Waals surface area contributed by atoms with Gasteiger partial charge in [-0.1, -0.05) is 20.8 Å². The van der Waals surface area contributed by atoms with Gasteiger partial charge < -0.3 is 11.1 Å². The van der Waals surface area contributed by atoms with Gasteiger partial charge in [-0.2, -0.15) is 11.8 Å². The van der Waals surface area contributed by atoms with E-state index in [0.717, 1.165) is 18.6 Å². The molecule has 0 aromatic heterocycles. The number of carbonyl (C=O) groups is 1. The standard InChI is InChI=1S/C13H28N2OS/c1-12(2,3)9-13(4,5)15-11(16)10(14)7-8-17-6/h10H,7-9,14H2,1-6H3,(H,15,16)/t10-/m1/s1. The molecule has 0 aromatic rings. The van der Waals surface area contributed by atoms with Crippen LogP contribution in [-0.2, 0) is 4.79 Å². The van der Waals surface area contributed by atoms with Crippen LogP contribution in [0.15, 0.2) is 0 Å². The summed E-state index contributed by atoms with van der Waals surface area (Å²) < 4.78 is 0. The second-order valence-electron chi connectivity index (χ2n) is 6.50. The molecule has 0 aliphatic carbocycles. The van der Waals surface area contributed by atoms with Crippen LogP contribution in [0.5, 0.6) is 0 Å². The lowest BCUT2D eigenvalue weighted by Crippen LogP contribution is -2.52. The van der Waals surface area contributed by atoms with Crippen LogP contribution in [0.3, 0.4) is 0 Å². The summed E-state index contributed by atoms with van der Waals surface area (Å²) in [5.74, 6) is 0.891. The van der Waals surface area contributed by atoms with E-state index in [1.807, 2.05) is 6.26 Å². The molecule has 0 bridgehead atoms. The second-order valence-corrected chi connectivity index (χ2v) is 7.48. The summed E-state index contributed by atoms with van der Waals surface area (Å²) in [6.07, 6.45) is 3.69. The summed E-state index contributed by atoms with van der Waals surface area (Å²) in [6, 6.07) is -0.387. The summed E-state index contributed by atoms with van der Waals surface area (Å²) in [7, 11) is 0. The molecule has 3 nitrogen and oxygen atoms in total. The van der Waals surface area contributed by atoms with Gasteiger partial charge in [0.2, 0.25) is 5.91 Å². The predicted molar refractivity (Wildman–Crippen MR) is 77.3 cm³/mol. The maximum atomic E-state index is 11.9. The Hall–Kier alpha value is -0.220. The minimum Gasteiger partial charge on any atom is -0.350 e. The Morgan fingerprint density at radius 2 is 1.82 bits per heavy atom. The van der Waals surface area contributed by atoms with Crippen molar-refractivity contribution in [3.05, 3.63) is 0 Å². The molecule has 17 heavy (non-hydrogen) atoms. The van der Waals surface area contributed by atoms with Gasteiger partial charge in [0.15, 0.2) is 0 Å². The molecule has 0 aromatic carbocycles. The molecule has 0 rings (SSSR count). The Kier molecular flexibility index (Phi) is 6.56. The van der Waals surface area contributed by atoms with Crippen molar-refractivity contribution in [1.82, 2.24) is 5.32 Å². The van der Waals surface area contributed by atoms with Crippen LogP contribution in [0.1, 0.15) is 47.5 Å². The predicted octanol–water partition coefficient (Wildman–Crippen LogP) is 2.40. The van der Waals surface area contributed by atoms with Crippen LogP contribution in [-0.4, -0.2) is 29.5 Å². The maximum absolute atomic E-state index is 11.9. The molecule has 0 heterocycles. The first-order valence-corrected chi connectivity index (χ1v) is 7.53. The average Bonchev–Trinajstić information content (AvgIpc) is 2.08. The van der Waals surface area contributed by atoms with Crippen molar-refractivity contribution in [2.24, 2.45) is 11.1 Å². The SMILES string of the molecule is CSCC[C@@H](N)C(=O)NC(C)(C)CC(C)(C)C. The first-order chi connectivity index (χ1) is 7.57. The number of nitrogens with one attached hydrogen (secondary N) is 1. The van der Waals surface area contributed by atoms with E-state index < -0.39 is 0 Å². The number of carbonyl (C=O) groups excluding carboxylic acids is 1. The number of thioether (sulfide) groups is 1. The van der Waals surface area contributed by atoms with E-state index in [1.165, 1.54) is 0 Å². The highest BCUT2D eigenvalue weighted by Gasteiger charge is 2.28. The van der Waals surface area contributed by atoms with Gasteiger partial charge in [0.25, 0.3) is 0 Å². The Morgan fingerprint density at radius 3 is 2.24 bits per heavy atom. The summed E-state index contributed by atoms with van der Waals surface area (Å²) >= 11 is 1.72. The van der Waals surface area contributed by atoms with Gasteiger partial charge in [-0.3, -0.25) is 4.79 Å². The van der Waals surface area contributed by atoms with Crippen LogP contribution < -0.4 is 11.1 Å². The largest absolute Gasteiger partial charge is 0.350 e. The molecule has 0 unspecified atom stereocenters. The lowest BCUT2D eigenvalue weighted by Gasteiger charge is -2.34. The molecule has 0 radical (unpaired) electrons. The minimum atomic E-state index is -0.387. The number of rotatable bonds is 6. The minimum absolute atomic E-state index is 0.0340. The van der Waals surface area contributed by atoms with E-state index in [9.17, 15) is 4.79 Å². The van der Waals surface area contributed by atoms with Crippen molar-refractivity contribution in [3.8, 4) is 0 Å². The van der Waals surface area contributed by atoms with Gasteiger partial charge in [0, 0.05) is 5.54 Å². The zero-order valence-corrected chi connectivity index (χ0v) is 12.9. The molecule has 0 saturated heterocycles. The van der Waals surface area contributed by atoms with E-state index in [1.54, 1.807) is 11.8 Å². The van der Waals surface area contributed by atoms with Crippen molar-refractivity contribution in [2.45, 2.75) is 59.0 Å². The fraction of sp³-hybridized carbons (Fsp3) is 0.923. The van der Waals surface area contributed by atoms with Gasteiger partial charge in [0.05, 0.1) is 6.04 Å². The third-order valence-corrected chi connectivity index (χ3v) is 3.05. The molecule has 0 aliphatic rings. The molecular formula is C13H28N2OS. The van der Waals surface area contributed by atoms with E-state index in [0.29, 0.717) is 0 Å². The summed E-state index contributed by atoms with van der Waals surface area (Å²) in [5.41, 5.74) is 5.84. The van der Waals surface area contributed by atoms with Crippen molar-refractivity contribution in [3.63, 3.8) is 0 Å². The Morgan fingerprint density at radius 1 is 1.29 bits per heavy atom. The molecule has 0 spiro atoms. The van der Waals surface area contributed by atoms with Crippen molar-refractivity contribution >= 4 is 17.7 Å². The van der Waals surface area contributed by atoms with Crippen molar-refractivity contribution in [1.29, 1.82) is 0 Å². The number of nitrogens with two attached hydrogens (primary N) is 1. The summed E-state index contributed by atoms with van der Waals surface area (Å²) in [4.78, 5) is 11.9. The Labute approximate surface area is 110 Å². The van der Waals surface area contributed by atoms with E-state index in [4.69, 9.17) is 5.73 Å². The zero-order valence-electron chi connectivity index (χ0n) is 12.1. The third kappa shape index (κ3) is 8.50. The number of amides is 1. The number of hydrogen-bond acceptors (Lipinski definition) is 3. The molecular weight excluding hydrogens is 232 g/mol. The summed E-state index contributed by atoms with van der Waals surface area (Å²) in [5, 5.41) is 3.05. The monoisotopic (exact) mass is 260 g/mol. The highest BCUT2D eigenvalue weighted by atomic mass is 32.2. The van der Waals surface area contributed by atoms with Crippen molar-refractivity contribution < 1.29 is 4.79 Å². The van der Waals surface area contributed by atoms with Gasteiger partial charge >= 0.3 is 0 Å². The van der Waals surface area contributed by atoms with E-state index in [2.05, 4.69) is 39.9 Å². The molecule has 0 fully saturated rings. The van der Waals surface area contributed by atoms with Crippen LogP contribution in [0.4, 0.5) is 0 Å². The van der Waals surface area contributed by atoms with E-state index in [-0.39, 0.29) is 22.9 Å². The van der Waals surface area contributed by atoms with Gasteiger partial charge in [-0.25, -0.2) is 0 Å². The molecule has 1 amide bonds. The van der Waals surface area contributed by atoms with Crippen LogP contribution in [0.2, 0.25) is 0 Å². The topological polar surface area (TPSA) is 55.1 Å². The summed E-state index contributed by atoms with van der Waals surface area (Å²) in [6.45, 7) is 10.6. The molecule has 1 atom stereocenters. The first-order valence-electron chi connectivity index (χ1n) is 6.14. The highest BCUT2D eigenvalue weighted by molar-refractivity contribution is 7.98. The van der Waals surface area contributed by atoms with E-state index >= 15 is 0 Å². The lowest BCUT2D eigenvalue weighted by atomic mass is 9.81. The average molecular weight is 260 g/mol. The Balaban J connectivity index is 4.26. The fourth-order valence-electron chi connectivity index (χ4n) is 2.17. The van der Waals surface area contributed by atoms with Gasteiger partial charge in [-0.15, -0.1) is 0 Å². The first kappa shape index (κ1) is 16.8. The fourth-order valence-corrected chi connectivity index (χ4v) is 2.66. The number of hydrogen-bond donors (Lipinski definition) is 2. The van der Waals surface area contributed by atoms with Crippen LogP contribution >= 0.6 is 11.8 Å². The van der Waals surface area contributed by atoms with Gasteiger partial charge in [0.1, 0.15) is 0 Å². The molecule has 0 saturated carbocycles. The van der Waals surface area contributed by atoms with Crippen LogP contribution in [0.25, 0.3) is 0 Å². The highest BCUT2D eigenvalue weighted by Crippen LogP contribution is 2.26. The maximum Gasteiger partial charge on any atom is 0.237 e. The zero-order chi connectivity index (χ0) is 13.7. The molecule has 4 heteroatoms. The molecule has 3 N–H and O–H groups in total. The van der Waals surface area contributed by atoms with Crippen molar-refractivity contribution in [2.75, 3.05) is 12.0 Å².